The Labute approximate surface area is 157 Å². The summed E-state index contributed by atoms with van der Waals surface area (Å²) in [7, 11) is 0. The number of hydrogen-bond acceptors (Lipinski definition) is 3. The Morgan fingerprint density at radius 3 is 2.04 bits per heavy atom. The lowest BCUT2D eigenvalue weighted by atomic mass is 10.0. The van der Waals surface area contributed by atoms with E-state index in [1.165, 1.54) is 18.1 Å². The molecule has 26 heavy (non-hydrogen) atoms. The van der Waals surface area contributed by atoms with Crippen LogP contribution in [0.4, 0.5) is 0 Å². The average molecular weight is 360 g/mol. The molecular formula is C21H33N3O2. The van der Waals surface area contributed by atoms with E-state index in [1.54, 1.807) is 0 Å². The van der Waals surface area contributed by atoms with Gasteiger partial charge in [-0.2, -0.15) is 0 Å². The summed E-state index contributed by atoms with van der Waals surface area (Å²) in [6.07, 6.45) is 0. The molecule has 0 bridgehead atoms. The Kier molecular flexibility index (Phi) is 7.21. The van der Waals surface area contributed by atoms with Gasteiger partial charge in [-0.3, -0.25) is 14.5 Å². The maximum absolute atomic E-state index is 12.7. The Hall–Kier alpha value is -1.88. The zero-order valence-corrected chi connectivity index (χ0v) is 16.8. The van der Waals surface area contributed by atoms with Gasteiger partial charge in [-0.05, 0) is 23.0 Å². The molecule has 0 radical (unpaired) electrons. The highest BCUT2D eigenvalue weighted by atomic mass is 16.2. The van der Waals surface area contributed by atoms with Crippen LogP contribution in [0.3, 0.4) is 0 Å². The summed E-state index contributed by atoms with van der Waals surface area (Å²) in [4.78, 5) is 28.4. The van der Waals surface area contributed by atoms with E-state index in [0.717, 1.165) is 19.6 Å². The number of rotatable bonds is 6. The molecule has 144 valence electrons. The molecule has 1 heterocycles. The van der Waals surface area contributed by atoms with Crippen LogP contribution in [0.1, 0.15) is 51.7 Å². The monoisotopic (exact) mass is 359 g/mol. The molecule has 1 aliphatic rings. The number of carbonyl (C=O) groups is 2. The van der Waals surface area contributed by atoms with Crippen molar-refractivity contribution in [2.45, 2.75) is 53.1 Å². The number of hydrogen-bond donors (Lipinski definition) is 1. The summed E-state index contributed by atoms with van der Waals surface area (Å²) < 4.78 is 0. The van der Waals surface area contributed by atoms with Gasteiger partial charge in [0.05, 0.1) is 0 Å². The molecule has 1 aromatic rings. The van der Waals surface area contributed by atoms with E-state index in [9.17, 15) is 9.59 Å². The quantitative estimate of drug-likeness (QED) is 0.849. The van der Waals surface area contributed by atoms with Gasteiger partial charge < -0.3 is 10.2 Å². The van der Waals surface area contributed by atoms with E-state index < -0.39 is 6.04 Å². The van der Waals surface area contributed by atoms with Crippen LogP contribution in [-0.2, 0) is 16.1 Å². The van der Waals surface area contributed by atoms with Crippen LogP contribution >= 0.6 is 0 Å². The molecule has 1 unspecified atom stereocenters. The number of benzene rings is 1. The molecule has 1 N–H and O–H groups in total. The van der Waals surface area contributed by atoms with Crippen LogP contribution in [-0.4, -0.2) is 53.8 Å². The third kappa shape index (κ3) is 5.56. The molecule has 1 aliphatic heterocycles. The summed E-state index contributed by atoms with van der Waals surface area (Å²) in [6, 6.07) is 8.40. The van der Waals surface area contributed by atoms with Crippen molar-refractivity contribution < 1.29 is 9.59 Å². The standard InChI is InChI=1S/C21H33N3O2/c1-15(2)19-8-6-18(7-9-19)14-23-10-12-24(13-11-23)21(26)20(16(3)4)22-17(5)25/h6-9,15-16,20H,10-14H2,1-5H3,(H,22,25). The Bertz CT molecular complexity index is 602. The molecule has 0 spiro atoms. The highest BCUT2D eigenvalue weighted by molar-refractivity contribution is 5.87. The zero-order chi connectivity index (χ0) is 19.3. The van der Waals surface area contributed by atoms with Crippen molar-refractivity contribution in [3.8, 4) is 0 Å². The molecule has 0 aromatic heterocycles. The molecular weight excluding hydrogens is 326 g/mol. The number of nitrogens with zero attached hydrogens (tertiary/aromatic N) is 2. The highest BCUT2D eigenvalue weighted by Gasteiger charge is 2.29. The van der Waals surface area contributed by atoms with Crippen molar-refractivity contribution in [1.29, 1.82) is 0 Å². The zero-order valence-electron chi connectivity index (χ0n) is 16.8. The summed E-state index contributed by atoms with van der Waals surface area (Å²) >= 11 is 0. The molecule has 0 saturated carbocycles. The predicted octanol–water partition coefficient (Wildman–Crippen LogP) is 2.61. The molecule has 1 atom stereocenters. The maximum Gasteiger partial charge on any atom is 0.245 e. The number of piperazine rings is 1. The number of nitrogens with one attached hydrogen (secondary N) is 1. The van der Waals surface area contributed by atoms with Gasteiger partial charge in [0, 0.05) is 39.6 Å². The van der Waals surface area contributed by atoms with Gasteiger partial charge in [-0.1, -0.05) is 52.0 Å². The Balaban J connectivity index is 1.87. The average Bonchev–Trinajstić information content (AvgIpc) is 2.60. The van der Waals surface area contributed by atoms with Crippen molar-refractivity contribution in [2.24, 2.45) is 5.92 Å². The lowest BCUT2D eigenvalue weighted by Gasteiger charge is -2.37. The van der Waals surface area contributed by atoms with Crippen molar-refractivity contribution in [3.63, 3.8) is 0 Å². The van der Waals surface area contributed by atoms with Crippen molar-refractivity contribution >= 4 is 11.8 Å². The fourth-order valence-corrected chi connectivity index (χ4v) is 3.32. The second kappa shape index (κ2) is 9.17. The van der Waals surface area contributed by atoms with E-state index in [4.69, 9.17) is 0 Å². The number of carbonyl (C=O) groups excluding carboxylic acids is 2. The minimum atomic E-state index is -0.428. The fraction of sp³-hybridized carbons (Fsp3) is 0.619. The smallest absolute Gasteiger partial charge is 0.245 e. The SMILES string of the molecule is CC(=O)NC(C(=O)N1CCN(Cc2ccc(C(C)C)cc2)CC1)C(C)C. The molecule has 1 saturated heterocycles. The van der Waals surface area contributed by atoms with Crippen LogP contribution in [0.15, 0.2) is 24.3 Å². The largest absolute Gasteiger partial charge is 0.344 e. The first-order valence-corrected chi connectivity index (χ1v) is 9.65. The minimum Gasteiger partial charge on any atom is -0.344 e. The normalized spacial score (nSPS) is 16.8. The van der Waals surface area contributed by atoms with E-state index in [1.807, 2.05) is 18.7 Å². The molecule has 5 nitrogen and oxygen atoms in total. The summed E-state index contributed by atoms with van der Waals surface area (Å²) in [6.45, 7) is 13.9. The first kappa shape index (κ1) is 20.4. The van der Waals surface area contributed by atoms with Gasteiger partial charge in [0.1, 0.15) is 6.04 Å². The van der Waals surface area contributed by atoms with Gasteiger partial charge in [-0.25, -0.2) is 0 Å². The van der Waals surface area contributed by atoms with Crippen LogP contribution in [0.25, 0.3) is 0 Å². The molecule has 0 aliphatic carbocycles. The van der Waals surface area contributed by atoms with Crippen LogP contribution in [0, 0.1) is 5.92 Å². The third-order valence-electron chi connectivity index (χ3n) is 5.03. The first-order chi connectivity index (χ1) is 12.3. The van der Waals surface area contributed by atoms with Gasteiger partial charge in [-0.15, -0.1) is 0 Å². The second-order valence-electron chi connectivity index (χ2n) is 7.92. The van der Waals surface area contributed by atoms with E-state index in [0.29, 0.717) is 19.0 Å². The highest BCUT2D eigenvalue weighted by Crippen LogP contribution is 2.17. The topological polar surface area (TPSA) is 52.7 Å². The Morgan fingerprint density at radius 1 is 1.00 bits per heavy atom. The fourth-order valence-electron chi connectivity index (χ4n) is 3.32. The van der Waals surface area contributed by atoms with Crippen molar-refractivity contribution in [2.75, 3.05) is 26.2 Å². The van der Waals surface area contributed by atoms with Gasteiger partial charge in [0.2, 0.25) is 11.8 Å². The molecule has 5 heteroatoms. The minimum absolute atomic E-state index is 0.0381. The van der Waals surface area contributed by atoms with Crippen LogP contribution < -0.4 is 5.32 Å². The van der Waals surface area contributed by atoms with E-state index in [-0.39, 0.29) is 17.7 Å². The molecule has 1 aromatic carbocycles. The summed E-state index contributed by atoms with van der Waals surface area (Å²) in [5, 5.41) is 2.80. The van der Waals surface area contributed by atoms with Gasteiger partial charge in [0.25, 0.3) is 0 Å². The first-order valence-electron chi connectivity index (χ1n) is 9.65. The Morgan fingerprint density at radius 2 is 1.58 bits per heavy atom. The lowest BCUT2D eigenvalue weighted by Crippen LogP contribution is -2.56. The van der Waals surface area contributed by atoms with E-state index in [2.05, 4.69) is 48.3 Å². The van der Waals surface area contributed by atoms with Crippen molar-refractivity contribution in [3.05, 3.63) is 35.4 Å². The lowest BCUT2D eigenvalue weighted by molar-refractivity contribution is -0.138. The summed E-state index contributed by atoms with van der Waals surface area (Å²) in [5.74, 6) is 0.525. The summed E-state index contributed by atoms with van der Waals surface area (Å²) in [5.41, 5.74) is 2.68. The van der Waals surface area contributed by atoms with Gasteiger partial charge in [0.15, 0.2) is 0 Å². The van der Waals surface area contributed by atoms with Crippen LogP contribution in [0.5, 0.6) is 0 Å². The maximum atomic E-state index is 12.7. The molecule has 1 fully saturated rings. The molecule has 2 amide bonds. The molecule has 2 rings (SSSR count). The van der Waals surface area contributed by atoms with E-state index >= 15 is 0 Å². The van der Waals surface area contributed by atoms with Crippen LogP contribution in [0.2, 0.25) is 0 Å². The van der Waals surface area contributed by atoms with Gasteiger partial charge >= 0.3 is 0 Å². The third-order valence-corrected chi connectivity index (χ3v) is 5.03. The predicted molar refractivity (Wildman–Crippen MR) is 105 cm³/mol. The number of amides is 2. The van der Waals surface area contributed by atoms with Crippen molar-refractivity contribution in [1.82, 2.24) is 15.1 Å². The second-order valence-corrected chi connectivity index (χ2v) is 7.92.